The lowest BCUT2D eigenvalue weighted by molar-refractivity contribution is -0.153. The normalized spacial score (nSPS) is 17.0. The van der Waals surface area contributed by atoms with Gasteiger partial charge in [-0.05, 0) is 13.0 Å². The molecule has 25 heavy (non-hydrogen) atoms. The van der Waals surface area contributed by atoms with Gasteiger partial charge in [-0.1, -0.05) is 11.6 Å². The van der Waals surface area contributed by atoms with Crippen molar-refractivity contribution in [3.05, 3.63) is 34.4 Å². The van der Waals surface area contributed by atoms with Gasteiger partial charge < -0.3 is 9.64 Å². The third-order valence-corrected chi connectivity index (χ3v) is 4.50. The summed E-state index contributed by atoms with van der Waals surface area (Å²) in [5.41, 5.74) is 2.34. The van der Waals surface area contributed by atoms with Crippen LogP contribution in [0.25, 0.3) is 0 Å². The number of aryl methyl sites for hydroxylation is 3. The van der Waals surface area contributed by atoms with E-state index in [-0.39, 0.29) is 24.8 Å². The van der Waals surface area contributed by atoms with Crippen LogP contribution in [0.5, 0.6) is 0 Å². The third kappa shape index (κ3) is 3.84. The highest BCUT2D eigenvalue weighted by atomic mass is 35.5. The van der Waals surface area contributed by atoms with Crippen LogP contribution in [-0.2, 0) is 41.5 Å². The Morgan fingerprint density at radius 3 is 2.68 bits per heavy atom. The molecule has 134 valence electrons. The van der Waals surface area contributed by atoms with Crippen LogP contribution in [-0.4, -0.2) is 42.4 Å². The van der Waals surface area contributed by atoms with Crippen LogP contribution in [0.2, 0.25) is 5.02 Å². The first kappa shape index (κ1) is 17.5. The number of cyclic esters (lactones) is 1. The number of esters is 1. The molecule has 2 aromatic heterocycles. The number of hydrogen-bond acceptors (Lipinski definition) is 5. The molecule has 0 bridgehead atoms. The molecule has 0 aliphatic carbocycles. The quantitative estimate of drug-likeness (QED) is 0.747. The largest absolute Gasteiger partial charge is 0.452 e. The first-order valence-electron chi connectivity index (χ1n) is 7.99. The summed E-state index contributed by atoms with van der Waals surface area (Å²) in [5, 5.41) is 9.18. The first-order valence-corrected chi connectivity index (χ1v) is 8.37. The molecule has 1 unspecified atom stereocenters. The summed E-state index contributed by atoms with van der Waals surface area (Å²) in [7, 11) is 3.61. The monoisotopic (exact) mass is 365 g/mol. The maximum absolute atomic E-state index is 12.8. The fourth-order valence-corrected chi connectivity index (χ4v) is 3.05. The molecule has 0 radical (unpaired) electrons. The van der Waals surface area contributed by atoms with Crippen molar-refractivity contribution in [3.63, 3.8) is 0 Å². The minimum Gasteiger partial charge on any atom is -0.452 e. The minimum absolute atomic E-state index is 0.224. The van der Waals surface area contributed by atoms with E-state index in [9.17, 15) is 9.59 Å². The fourth-order valence-electron chi connectivity index (χ4n) is 2.82. The number of rotatable bonds is 5. The van der Waals surface area contributed by atoms with Gasteiger partial charge in [-0.2, -0.15) is 10.2 Å². The van der Waals surface area contributed by atoms with Crippen LogP contribution in [0.4, 0.5) is 0 Å². The lowest BCUT2D eigenvalue weighted by Gasteiger charge is -2.23. The molecule has 0 saturated carbocycles. The van der Waals surface area contributed by atoms with Gasteiger partial charge >= 0.3 is 5.97 Å². The Bertz CT molecular complexity index is 793. The van der Waals surface area contributed by atoms with E-state index in [1.54, 1.807) is 27.5 Å². The standard InChI is InChI=1S/C16H20ClN5O3/c1-10-6-11(18-21(10)3)7-22(9-13-12(17)8-20(2)19-13)16(24)14-4-5-15(23)25-14/h6,8,14H,4-5,7,9H2,1-3H3. The molecule has 8 nitrogen and oxygen atoms in total. The van der Waals surface area contributed by atoms with Crippen LogP contribution in [0, 0.1) is 6.92 Å². The number of aromatic nitrogens is 4. The van der Waals surface area contributed by atoms with Crippen molar-refractivity contribution in [1.29, 1.82) is 0 Å². The van der Waals surface area contributed by atoms with Gasteiger partial charge in [0.15, 0.2) is 6.10 Å². The zero-order valence-corrected chi connectivity index (χ0v) is 15.2. The van der Waals surface area contributed by atoms with Crippen LogP contribution < -0.4 is 0 Å². The maximum Gasteiger partial charge on any atom is 0.306 e. The zero-order chi connectivity index (χ0) is 18.1. The van der Waals surface area contributed by atoms with Gasteiger partial charge in [-0.15, -0.1) is 0 Å². The Hall–Kier alpha value is -2.35. The molecule has 3 heterocycles. The number of ether oxygens (including phenoxy) is 1. The number of halogens is 1. The Labute approximate surface area is 150 Å². The molecule has 0 aromatic carbocycles. The van der Waals surface area contributed by atoms with Gasteiger partial charge in [0, 0.05) is 38.8 Å². The van der Waals surface area contributed by atoms with Gasteiger partial charge in [0.1, 0.15) is 5.69 Å². The topological polar surface area (TPSA) is 82.2 Å². The van der Waals surface area contributed by atoms with Crippen molar-refractivity contribution in [2.75, 3.05) is 0 Å². The van der Waals surface area contributed by atoms with Crippen LogP contribution in [0.15, 0.2) is 12.3 Å². The average molecular weight is 366 g/mol. The lowest BCUT2D eigenvalue weighted by atomic mass is 10.2. The Kier molecular flexibility index (Phi) is 4.80. The van der Waals surface area contributed by atoms with Crippen molar-refractivity contribution in [3.8, 4) is 0 Å². The van der Waals surface area contributed by atoms with Crippen molar-refractivity contribution >= 4 is 23.5 Å². The molecule has 1 atom stereocenters. The van der Waals surface area contributed by atoms with Gasteiger partial charge in [0.25, 0.3) is 5.91 Å². The molecular formula is C16H20ClN5O3. The van der Waals surface area contributed by atoms with Crippen LogP contribution in [0.3, 0.4) is 0 Å². The number of hydrogen-bond donors (Lipinski definition) is 0. The zero-order valence-electron chi connectivity index (χ0n) is 14.4. The number of carbonyl (C=O) groups excluding carboxylic acids is 2. The number of amides is 1. The van der Waals surface area contributed by atoms with E-state index in [0.717, 1.165) is 11.4 Å². The van der Waals surface area contributed by atoms with Crippen molar-refractivity contribution in [2.24, 2.45) is 14.1 Å². The summed E-state index contributed by atoms with van der Waals surface area (Å²) in [6, 6.07) is 1.92. The van der Waals surface area contributed by atoms with Gasteiger partial charge in [0.05, 0.1) is 23.8 Å². The van der Waals surface area contributed by atoms with E-state index in [1.807, 2.05) is 20.0 Å². The lowest BCUT2D eigenvalue weighted by Crippen LogP contribution is -2.38. The van der Waals surface area contributed by atoms with E-state index in [4.69, 9.17) is 16.3 Å². The van der Waals surface area contributed by atoms with Gasteiger partial charge in [-0.3, -0.25) is 19.0 Å². The van der Waals surface area contributed by atoms with Crippen molar-refractivity contribution in [2.45, 2.75) is 39.0 Å². The first-order chi connectivity index (χ1) is 11.8. The highest BCUT2D eigenvalue weighted by molar-refractivity contribution is 6.31. The maximum atomic E-state index is 12.8. The summed E-state index contributed by atoms with van der Waals surface area (Å²) in [6.45, 7) is 2.46. The molecule has 1 amide bonds. The van der Waals surface area contributed by atoms with Crippen molar-refractivity contribution < 1.29 is 14.3 Å². The highest BCUT2D eigenvalue weighted by Gasteiger charge is 2.34. The molecule has 0 spiro atoms. The van der Waals surface area contributed by atoms with Gasteiger partial charge in [-0.25, -0.2) is 0 Å². The number of nitrogens with zero attached hydrogens (tertiary/aromatic N) is 5. The molecular weight excluding hydrogens is 346 g/mol. The predicted molar refractivity (Wildman–Crippen MR) is 89.5 cm³/mol. The molecule has 1 aliphatic heterocycles. The Morgan fingerprint density at radius 2 is 2.16 bits per heavy atom. The summed E-state index contributed by atoms with van der Waals surface area (Å²) in [5.74, 6) is -0.598. The number of carbonyl (C=O) groups is 2. The molecule has 2 aromatic rings. The second-order valence-electron chi connectivity index (χ2n) is 6.21. The third-order valence-electron chi connectivity index (χ3n) is 4.18. The minimum atomic E-state index is -0.750. The second-order valence-corrected chi connectivity index (χ2v) is 6.62. The fraction of sp³-hybridized carbons (Fsp3) is 0.500. The van der Waals surface area contributed by atoms with Gasteiger partial charge in [0.2, 0.25) is 0 Å². The van der Waals surface area contributed by atoms with Crippen molar-refractivity contribution in [1.82, 2.24) is 24.5 Å². The second kappa shape index (κ2) is 6.87. The van der Waals surface area contributed by atoms with E-state index in [1.165, 1.54) is 0 Å². The van der Waals surface area contributed by atoms with Crippen LogP contribution in [0.1, 0.15) is 29.9 Å². The molecule has 1 saturated heterocycles. The average Bonchev–Trinajstić information content (AvgIpc) is 3.19. The summed E-state index contributed by atoms with van der Waals surface area (Å²) in [4.78, 5) is 25.8. The SMILES string of the molecule is Cc1cc(CN(Cc2nn(C)cc2Cl)C(=O)C2CCC(=O)O2)nn1C. The van der Waals surface area contributed by atoms with E-state index in [0.29, 0.717) is 23.7 Å². The predicted octanol–water partition coefficient (Wildman–Crippen LogP) is 1.35. The summed E-state index contributed by atoms with van der Waals surface area (Å²) < 4.78 is 8.48. The van der Waals surface area contributed by atoms with Crippen LogP contribution >= 0.6 is 11.6 Å². The van der Waals surface area contributed by atoms with E-state index in [2.05, 4.69) is 10.2 Å². The molecule has 9 heteroatoms. The Balaban J connectivity index is 1.83. The molecule has 0 N–H and O–H groups in total. The van der Waals surface area contributed by atoms with E-state index >= 15 is 0 Å². The molecule has 1 fully saturated rings. The van der Waals surface area contributed by atoms with E-state index < -0.39 is 6.10 Å². The highest BCUT2D eigenvalue weighted by Crippen LogP contribution is 2.21. The summed E-state index contributed by atoms with van der Waals surface area (Å²) >= 11 is 6.18. The Morgan fingerprint density at radius 1 is 1.40 bits per heavy atom. The smallest absolute Gasteiger partial charge is 0.306 e. The summed E-state index contributed by atoms with van der Waals surface area (Å²) in [6.07, 6.45) is 1.59. The molecule has 1 aliphatic rings. The molecule has 3 rings (SSSR count).